The van der Waals surface area contributed by atoms with Crippen LogP contribution in [0.3, 0.4) is 0 Å². The summed E-state index contributed by atoms with van der Waals surface area (Å²) in [5.41, 5.74) is 0. The van der Waals surface area contributed by atoms with Gasteiger partial charge in [-0.3, -0.25) is 14.5 Å². The van der Waals surface area contributed by atoms with E-state index in [4.69, 9.17) is 5.11 Å². The molecule has 1 saturated heterocycles. The van der Waals surface area contributed by atoms with E-state index < -0.39 is 12.0 Å². The molecule has 78 valence electrons. The molecular formula is C9H13NO4. The van der Waals surface area contributed by atoms with Crippen molar-refractivity contribution in [1.82, 2.24) is 4.90 Å². The molecule has 0 radical (unpaired) electrons. The second kappa shape index (κ2) is 3.77. The van der Waals surface area contributed by atoms with Crippen LogP contribution in [0.25, 0.3) is 0 Å². The number of amides is 2. The van der Waals surface area contributed by atoms with E-state index in [2.05, 4.69) is 0 Å². The van der Waals surface area contributed by atoms with Gasteiger partial charge in [0, 0.05) is 0 Å². The fourth-order valence-electron chi connectivity index (χ4n) is 1.46. The van der Waals surface area contributed by atoms with Gasteiger partial charge in [0.2, 0.25) is 11.8 Å². The molecule has 0 bridgehead atoms. The fourth-order valence-corrected chi connectivity index (χ4v) is 1.46. The quantitative estimate of drug-likeness (QED) is 0.520. The van der Waals surface area contributed by atoms with E-state index in [0.29, 0.717) is 6.42 Å². The molecule has 14 heavy (non-hydrogen) atoms. The molecule has 0 aromatic carbocycles. The number of carbonyl (C=O) groups excluding carboxylic acids is 2. The van der Waals surface area contributed by atoms with E-state index in [0.717, 1.165) is 4.90 Å². The predicted octanol–water partition coefficient (Wildman–Crippen LogP) is 0.245. The largest absolute Gasteiger partial charge is 0.480 e. The van der Waals surface area contributed by atoms with Gasteiger partial charge in [-0.1, -0.05) is 13.8 Å². The third kappa shape index (κ3) is 1.92. The summed E-state index contributed by atoms with van der Waals surface area (Å²) >= 11 is 0. The molecule has 2 amide bonds. The molecule has 1 N–H and O–H groups in total. The summed E-state index contributed by atoms with van der Waals surface area (Å²) in [6.45, 7) is 3.70. The van der Waals surface area contributed by atoms with Crippen LogP contribution in [0.2, 0.25) is 0 Å². The first kappa shape index (κ1) is 10.7. The highest BCUT2D eigenvalue weighted by molar-refractivity contribution is 6.16. The molecule has 1 atom stereocenters. The van der Waals surface area contributed by atoms with E-state index in [1.54, 1.807) is 0 Å². The topological polar surface area (TPSA) is 74.7 Å². The number of aliphatic carboxylic acids is 1. The van der Waals surface area contributed by atoms with Gasteiger partial charge in [-0.15, -0.1) is 0 Å². The molecule has 1 rings (SSSR count). The van der Waals surface area contributed by atoms with Crippen molar-refractivity contribution in [3.8, 4) is 0 Å². The fraction of sp³-hybridized carbons (Fsp3) is 0.667. The number of carbonyl (C=O) groups is 3. The minimum atomic E-state index is -1.11. The molecule has 1 aliphatic heterocycles. The van der Waals surface area contributed by atoms with Crippen LogP contribution in [-0.2, 0) is 14.4 Å². The molecule has 1 aliphatic rings. The molecule has 0 spiro atoms. The second-order valence-corrected chi connectivity index (χ2v) is 3.82. The smallest absolute Gasteiger partial charge is 0.326 e. The summed E-state index contributed by atoms with van der Waals surface area (Å²) in [6, 6.07) is -0.983. The molecule has 1 unspecified atom stereocenters. The lowest BCUT2D eigenvalue weighted by Gasteiger charge is -2.34. The molecule has 1 fully saturated rings. The Morgan fingerprint density at radius 3 is 2.21 bits per heavy atom. The van der Waals surface area contributed by atoms with Gasteiger partial charge >= 0.3 is 5.97 Å². The Balaban J connectivity index is 2.72. The number of carboxylic acids is 1. The number of hydrogen-bond donors (Lipinski definition) is 1. The van der Waals surface area contributed by atoms with Crippen LogP contribution in [0.5, 0.6) is 0 Å². The first-order valence-corrected chi connectivity index (χ1v) is 4.51. The summed E-state index contributed by atoms with van der Waals surface area (Å²) in [5, 5.41) is 8.85. The number of β-lactam (4-membered cyclic amide) rings is 2. The molecular weight excluding hydrogens is 186 g/mol. The average Bonchev–Trinajstić information content (AvgIpc) is 2.01. The Bertz CT molecular complexity index is 271. The Kier molecular flexibility index (Phi) is 2.88. The van der Waals surface area contributed by atoms with Gasteiger partial charge in [-0.2, -0.15) is 0 Å². The zero-order valence-corrected chi connectivity index (χ0v) is 8.19. The number of rotatable bonds is 4. The van der Waals surface area contributed by atoms with Crippen molar-refractivity contribution < 1.29 is 19.5 Å². The predicted molar refractivity (Wildman–Crippen MR) is 47.3 cm³/mol. The zero-order chi connectivity index (χ0) is 10.9. The van der Waals surface area contributed by atoms with Crippen molar-refractivity contribution in [3.63, 3.8) is 0 Å². The number of carboxylic acid groups (broad SMARTS) is 1. The molecule has 5 heteroatoms. The van der Waals surface area contributed by atoms with Gasteiger partial charge in [0.1, 0.15) is 12.5 Å². The van der Waals surface area contributed by atoms with E-state index in [1.165, 1.54) is 0 Å². The van der Waals surface area contributed by atoms with Gasteiger partial charge in [0.05, 0.1) is 0 Å². The number of likely N-dealkylation sites (tertiary alicyclic amines) is 1. The van der Waals surface area contributed by atoms with Crippen molar-refractivity contribution >= 4 is 17.8 Å². The van der Waals surface area contributed by atoms with Crippen molar-refractivity contribution in [1.29, 1.82) is 0 Å². The van der Waals surface area contributed by atoms with E-state index in [1.807, 2.05) is 13.8 Å². The lowest BCUT2D eigenvalue weighted by molar-refractivity contribution is -0.168. The van der Waals surface area contributed by atoms with Gasteiger partial charge < -0.3 is 5.11 Å². The Hall–Kier alpha value is -1.39. The lowest BCUT2D eigenvalue weighted by atomic mass is 9.99. The van der Waals surface area contributed by atoms with Crippen molar-refractivity contribution in [2.75, 3.05) is 0 Å². The van der Waals surface area contributed by atoms with Crippen LogP contribution in [0, 0.1) is 5.92 Å². The second-order valence-electron chi connectivity index (χ2n) is 3.82. The highest BCUT2D eigenvalue weighted by atomic mass is 16.4. The third-order valence-corrected chi connectivity index (χ3v) is 2.13. The SMILES string of the molecule is CC(C)CC(C(=O)O)N1C(=O)CC1=O. The first-order chi connectivity index (χ1) is 6.43. The normalized spacial score (nSPS) is 18.4. The van der Waals surface area contributed by atoms with Crippen molar-refractivity contribution in [2.45, 2.75) is 32.7 Å². The Morgan fingerprint density at radius 2 is 1.93 bits per heavy atom. The summed E-state index contributed by atoms with van der Waals surface area (Å²) in [5.74, 6) is -1.75. The molecule has 0 aromatic rings. The number of hydrogen-bond acceptors (Lipinski definition) is 3. The van der Waals surface area contributed by atoms with Gasteiger partial charge in [0.25, 0.3) is 0 Å². The van der Waals surface area contributed by atoms with Crippen LogP contribution in [0.1, 0.15) is 26.7 Å². The summed E-state index contributed by atoms with van der Waals surface area (Å²) in [6.07, 6.45) is 0.161. The third-order valence-electron chi connectivity index (χ3n) is 2.13. The summed E-state index contributed by atoms with van der Waals surface area (Å²) < 4.78 is 0. The van der Waals surface area contributed by atoms with Gasteiger partial charge in [-0.25, -0.2) is 4.79 Å². The maximum Gasteiger partial charge on any atom is 0.326 e. The number of nitrogens with zero attached hydrogens (tertiary/aromatic N) is 1. The zero-order valence-electron chi connectivity index (χ0n) is 8.19. The Labute approximate surface area is 81.7 Å². The maximum absolute atomic E-state index is 11.0. The van der Waals surface area contributed by atoms with E-state index in [-0.39, 0.29) is 24.2 Å². The van der Waals surface area contributed by atoms with E-state index in [9.17, 15) is 14.4 Å². The standard InChI is InChI=1S/C9H13NO4/c1-5(2)3-6(9(13)14)10-7(11)4-8(10)12/h5-6H,3-4H2,1-2H3,(H,13,14). The van der Waals surface area contributed by atoms with Crippen LogP contribution in [0.15, 0.2) is 0 Å². The minimum absolute atomic E-state index is 0.136. The van der Waals surface area contributed by atoms with Gasteiger partial charge in [0.15, 0.2) is 0 Å². The van der Waals surface area contributed by atoms with Crippen LogP contribution < -0.4 is 0 Å². The first-order valence-electron chi connectivity index (χ1n) is 4.51. The lowest BCUT2D eigenvalue weighted by Crippen LogP contribution is -2.57. The molecule has 0 aliphatic carbocycles. The van der Waals surface area contributed by atoms with Crippen molar-refractivity contribution in [3.05, 3.63) is 0 Å². The maximum atomic E-state index is 11.0. The monoisotopic (exact) mass is 199 g/mol. The summed E-state index contributed by atoms with van der Waals surface area (Å²) in [4.78, 5) is 33.7. The van der Waals surface area contributed by atoms with E-state index >= 15 is 0 Å². The average molecular weight is 199 g/mol. The molecule has 0 saturated carbocycles. The molecule has 0 aromatic heterocycles. The highest BCUT2D eigenvalue weighted by Gasteiger charge is 2.42. The van der Waals surface area contributed by atoms with Crippen molar-refractivity contribution in [2.24, 2.45) is 5.92 Å². The van der Waals surface area contributed by atoms with Crippen LogP contribution in [-0.4, -0.2) is 33.8 Å². The molecule has 5 nitrogen and oxygen atoms in total. The number of imide groups is 1. The Morgan fingerprint density at radius 1 is 1.43 bits per heavy atom. The summed E-state index contributed by atoms with van der Waals surface area (Å²) in [7, 11) is 0. The van der Waals surface area contributed by atoms with Gasteiger partial charge in [-0.05, 0) is 12.3 Å². The van der Waals surface area contributed by atoms with Crippen LogP contribution >= 0.6 is 0 Å². The van der Waals surface area contributed by atoms with Crippen LogP contribution in [0.4, 0.5) is 0 Å². The molecule has 1 heterocycles. The highest BCUT2D eigenvalue weighted by Crippen LogP contribution is 2.20. The minimum Gasteiger partial charge on any atom is -0.480 e.